The molecule has 0 aromatic heterocycles. The predicted molar refractivity (Wildman–Crippen MR) is 127 cm³/mol. The molecule has 0 spiro atoms. The Morgan fingerprint density at radius 2 is 1.45 bits per heavy atom. The molecule has 1 fully saturated rings. The SMILES string of the molecule is CC1(C)CN(NC(=O)Cc2ccc3ccc4cccc5ccc2c3c45)CC(C)(C)C1O. The second-order valence-electron chi connectivity index (χ2n) is 10.5. The van der Waals surface area contributed by atoms with Crippen molar-refractivity contribution in [3.8, 4) is 0 Å². The van der Waals surface area contributed by atoms with E-state index in [4.69, 9.17) is 0 Å². The zero-order valence-corrected chi connectivity index (χ0v) is 18.7. The van der Waals surface area contributed by atoms with Gasteiger partial charge in [0, 0.05) is 23.9 Å². The summed E-state index contributed by atoms with van der Waals surface area (Å²) in [7, 11) is 0. The third-order valence-corrected chi connectivity index (χ3v) is 6.93. The minimum Gasteiger partial charge on any atom is -0.392 e. The first-order valence-electron chi connectivity index (χ1n) is 11.0. The van der Waals surface area contributed by atoms with Crippen LogP contribution in [0, 0.1) is 10.8 Å². The summed E-state index contributed by atoms with van der Waals surface area (Å²) in [6.07, 6.45) is -0.0839. The van der Waals surface area contributed by atoms with E-state index in [1.165, 1.54) is 26.9 Å². The summed E-state index contributed by atoms with van der Waals surface area (Å²) in [5.41, 5.74) is 3.57. The van der Waals surface area contributed by atoms with E-state index >= 15 is 0 Å². The molecule has 0 radical (unpaired) electrons. The van der Waals surface area contributed by atoms with Gasteiger partial charge in [0.2, 0.25) is 5.91 Å². The lowest BCUT2D eigenvalue weighted by Gasteiger charge is -2.50. The highest BCUT2D eigenvalue weighted by molar-refractivity contribution is 6.23. The molecule has 1 saturated heterocycles. The van der Waals surface area contributed by atoms with Gasteiger partial charge in [-0.2, -0.15) is 0 Å². The normalized spacial score (nSPS) is 19.4. The van der Waals surface area contributed by atoms with Crippen LogP contribution < -0.4 is 5.43 Å². The fourth-order valence-corrected chi connectivity index (χ4v) is 5.69. The van der Waals surface area contributed by atoms with E-state index in [1.807, 2.05) is 5.01 Å². The molecule has 0 unspecified atom stereocenters. The van der Waals surface area contributed by atoms with E-state index in [9.17, 15) is 9.90 Å². The van der Waals surface area contributed by atoms with Gasteiger partial charge < -0.3 is 5.11 Å². The van der Waals surface area contributed by atoms with Gasteiger partial charge in [-0.3, -0.25) is 10.2 Å². The topological polar surface area (TPSA) is 52.6 Å². The van der Waals surface area contributed by atoms with Gasteiger partial charge >= 0.3 is 0 Å². The smallest absolute Gasteiger partial charge is 0.238 e. The Bertz CT molecular complexity index is 1260. The maximum atomic E-state index is 13.0. The summed E-state index contributed by atoms with van der Waals surface area (Å²) in [6.45, 7) is 9.47. The summed E-state index contributed by atoms with van der Waals surface area (Å²) < 4.78 is 0. The predicted octanol–water partition coefficient (Wildman–Crippen LogP) is 4.89. The van der Waals surface area contributed by atoms with Crippen molar-refractivity contribution < 1.29 is 9.90 Å². The molecule has 2 N–H and O–H groups in total. The molecule has 4 nitrogen and oxygen atoms in total. The van der Waals surface area contributed by atoms with Gasteiger partial charge in [-0.25, -0.2) is 5.01 Å². The number of aliphatic hydroxyl groups is 1. The van der Waals surface area contributed by atoms with Crippen molar-refractivity contribution in [3.63, 3.8) is 0 Å². The molecule has 1 aliphatic heterocycles. The van der Waals surface area contributed by atoms with Crippen LogP contribution in [0.5, 0.6) is 0 Å². The van der Waals surface area contributed by atoms with E-state index < -0.39 is 6.10 Å². The van der Waals surface area contributed by atoms with Gasteiger partial charge in [-0.1, -0.05) is 82.3 Å². The van der Waals surface area contributed by atoms with Crippen LogP contribution in [0.1, 0.15) is 33.3 Å². The van der Waals surface area contributed by atoms with Crippen molar-refractivity contribution in [1.82, 2.24) is 10.4 Å². The van der Waals surface area contributed by atoms with E-state index in [1.54, 1.807) is 0 Å². The van der Waals surface area contributed by atoms with Crippen LogP contribution in [0.2, 0.25) is 0 Å². The number of hydrogen-bond acceptors (Lipinski definition) is 3. The molecule has 0 saturated carbocycles. The number of nitrogens with zero attached hydrogens (tertiary/aromatic N) is 1. The number of nitrogens with one attached hydrogen (secondary N) is 1. The Morgan fingerprint density at radius 3 is 2.10 bits per heavy atom. The lowest BCUT2D eigenvalue weighted by Crippen LogP contribution is -2.62. The molecule has 4 aromatic carbocycles. The van der Waals surface area contributed by atoms with Crippen LogP contribution in [-0.4, -0.2) is 35.2 Å². The summed E-state index contributed by atoms with van der Waals surface area (Å²) in [5.74, 6) is -0.0157. The highest BCUT2D eigenvalue weighted by Gasteiger charge is 2.46. The quantitative estimate of drug-likeness (QED) is 0.470. The highest BCUT2D eigenvalue weighted by Crippen LogP contribution is 2.39. The number of amides is 1. The third kappa shape index (κ3) is 3.35. The summed E-state index contributed by atoms with van der Waals surface area (Å²) >= 11 is 0. The molecule has 1 amide bonds. The molecule has 5 rings (SSSR count). The fourth-order valence-electron chi connectivity index (χ4n) is 5.69. The van der Waals surface area contributed by atoms with Gasteiger partial charge in [0.15, 0.2) is 0 Å². The molecule has 160 valence electrons. The summed E-state index contributed by atoms with van der Waals surface area (Å²) in [4.78, 5) is 13.0. The Labute approximate surface area is 183 Å². The van der Waals surface area contributed by atoms with Gasteiger partial charge in [0.25, 0.3) is 0 Å². The van der Waals surface area contributed by atoms with Crippen molar-refractivity contribution in [1.29, 1.82) is 0 Å². The molecular formula is C27H30N2O2. The fraction of sp³-hybridized carbons (Fsp3) is 0.370. The average molecular weight is 415 g/mol. The number of benzene rings is 4. The highest BCUT2D eigenvalue weighted by atomic mass is 16.3. The Balaban J connectivity index is 1.45. The molecule has 0 aliphatic carbocycles. The number of hydrazine groups is 1. The minimum atomic E-state index is -0.411. The average Bonchev–Trinajstić information content (AvgIpc) is 2.71. The van der Waals surface area contributed by atoms with Gasteiger partial charge in [-0.05, 0) is 37.9 Å². The molecule has 1 heterocycles. The van der Waals surface area contributed by atoms with Gasteiger partial charge in [0.1, 0.15) is 0 Å². The molecule has 0 bridgehead atoms. The van der Waals surface area contributed by atoms with Crippen LogP contribution in [0.4, 0.5) is 0 Å². The van der Waals surface area contributed by atoms with E-state index in [2.05, 4.69) is 87.7 Å². The number of rotatable bonds is 3. The molecule has 4 heteroatoms. The molecule has 1 aliphatic rings. The van der Waals surface area contributed by atoms with Crippen LogP contribution in [0.15, 0.2) is 54.6 Å². The standard InChI is InChI=1S/C27H30N2O2/c1-26(2)15-29(16-27(3,4)25(26)31)28-22(30)14-20-11-10-19-9-8-17-6-5-7-18-12-13-21(20)24(19)23(17)18/h5-13,25,31H,14-16H2,1-4H3,(H,28,30). The maximum absolute atomic E-state index is 13.0. The maximum Gasteiger partial charge on any atom is 0.238 e. The van der Waals surface area contributed by atoms with E-state index in [0.29, 0.717) is 19.5 Å². The second-order valence-corrected chi connectivity index (χ2v) is 10.5. The third-order valence-electron chi connectivity index (χ3n) is 6.93. The van der Waals surface area contributed by atoms with E-state index in [-0.39, 0.29) is 16.7 Å². The number of carbonyl (C=O) groups is 1. The number of piperidine rings is 1. The first-order chi connectivity index (χ1) is 14.7. The Morgan fingerprint density at radius 1 is 0.903 bits per heavy atom. The Hall–Kier alpha value is -2.69. The van der Waals surface area contributed by atoms with Crippen LogP contribution in [0.3, 0.4) is 0 Å². The lowest BCUT2D eigenvalue weighted by atomic mass is 9.69. The molecule has 0 atom stereocenters. The minimum absolute atomic E-state index is 0.0157. The molecule has 31 heavy (non-hydrogen) atoms. The van der Waals surface area contributed by atoms with Crippen LogP contribution in [0.25, 0.3) is 32.3 Å². The Kier molecular flexibility index (Phi) is 4.51. The number of aliphatic hydroxyl groups excluding tert-OH is 1. The van der Waals surface area contributed by atoms with Gasteiger partial charge in [-0.15, -0.1) is 0 Å². The first-order valence-corrected chi connectivity index (χ1v) is 11.0. The zero-order valence-electron chi connectivity index (χ0n) is 18.7. The van der Waals surface area contributed by atoms with Crippen molar-refractivity contribution in [2.24, 2.45) is 10.8 Å². The first kappa shape index (κ1) is 20.2. The monoisotopic (exact) mass is 414 g/mol. The molecule has 4 aromatic rings. The number of carbonyl (C=O) groups excluding carboxylic acids is 1. The van der Waals surface area contributed by atoms with Crippen molar-refractivity contribution in [2.45, 2.75) is 40.2 Å². The van der Waals surface area contributed by atoms with E-state index in [0.717, 1.165) is 10.9 Å². The largest absolute Gasteiger partial charge is 0.392 e. The van der Waals surface area contributed by atoms with Crippen molar-refractivity contribution in [2.75, 3.05) is 13.1 Å². The van der Waals surface area contributed by atoms with Crippen LogP contribution >= 0.6 is 0 Å². The summed E-state index contributed by atoms with van der Waals surface area (Å²) in [5, 5.41) is 20.0. The molecular weight excluding hydrogens is 384 g/mol. The van der Waals surface area contributed by atoms with Crippen LogP contribution in [-0.2, 0) is 11.2 Å². The van der Waals surface area contributed by atoms with Crippen molar-refractivity contribution >= 4 is 38.2 Å². The van der Waals surface area contributed by atoms with Crippen molar-refractivity contribution in [3.05, 3.63) is 60.2 Å². The lowest BCUT2D eigenvalue weighted by molar-refractivity contribution is -0.142. The number of hydrogen-bond donors (Lipinski definition) is 2. The second kappa shape index (κ2) is 6.91. The zero-order chi connectivity index (χ0) is 22.0. The van der Waals surface area contributed by atoms with Gasteiger partial charge in [0.05, 0.1) is 12.5 Å². The summed E-state index contributed by atoms with van der Waals surface area (Å²) in [6, 6.07) is 19.2.